The van der Waals surface area contributed by atoms with Crippen molar-refractivity contribution < 1.29 is 0 Å². The Bertz CT molecular complexity index is 1020. The molecule has 1 unspecified atom stereocenters. The molecule has 0 radical (unpaired) electrons. The maximum Gasteiger partial charge on any atom is 0.224 e. The van der Waals surface area contributed by atoms with Gasteiger partial charge in [-0.25, -0.2) is 14.5 Å². The standard InChI is InChI=1S/C16H16ClN7/c1-3-9(2)21-16-20-7-11-10(6-19-15(11)22-16)12-4-5-14-18-8-13(17)24(14)23-12/h4-9H,3H2,1-2H3,(H2,19,20,21,22). The van der Waals surface area contributed by atoms with Gasteiger partial charge in [-0.2, -0.15) is 10.1 Å². The summed E-state index contributed by atoms with van der Waals surface area (Å²) in [5.74, 6) is 0.617. The number of aromatic nitrogens is 6. The van der Waals surface area contributed by atoms with Crippen molar-refractivity contribution in [3.8, 4) is 11.3 Å². The molecule has 0 aliphatic carbocycles. The van der Waals surface area contributed by atoms with Crippen molar-refractivity contribution in [3.63, 3.8) is 0 Å². The Balaban J connectivity index is 1.77. The van der Waals surface area contributed by atoms with Gasteiger partial charge in [0.1, 0.15) is 5.65 Å². The molecule has 0 bridgehead atoms. The van der Waals surface area contributed by atoms with Crippen LogP contribution in [0.15, 0.2) is 30.7 Å². The number of imidazole rings is 1. The van der Waals surface area contributed by atoms with E-state index in [0.29, 0.717) is 22.8 Å². The molecule has 0 amide bonds. The number of hydrogen-bond donors (Lipinski definition) is 2. The summed E-state index contributed by atoms with van der Waals surface area (Å²) in [5.41, 5.74) is 3.18. The summed E-state index contributed by atoms with van der Waals surface area (Å²) in [6.45, 7) is 4.22. The minimum Gasteiger partial charge on any atom is -0.352 e. The van der Waals surface area contributed by atoms with E-state index < -0.39 is 0 Å². The molecule has 7 nitrogen and oxygen atoms in total. The molecule has 1 atom stereocenters. The minimum absolute atomic E-state index is 0.323. The second-order valence-corrected chi connectivity index (χ2v) is 6.07. The number of rotatable bonds is 4. The molecule has 4 aromatic heterocycles. The van der Waals surface area contributed by atoms with E-state index in [1.165, 1.54) is 0 Å². The highest BCUT2D eigenvalue weighted by molar-refractivity contribution is 6.29. The molecular formula is C16H16ClN7. The number of fused-ring (bicyclic) bond motifs is 2. The fourth-order valence-electron chi connectivity index (χ4n) is 2.50. The molecule has 0 aliphatic rings. The number of H-pyrrole nitrogens is 1. The smallest absolute Gasteiger partial charge is 0.224 e. The van der Waals surface area contributed by atoms with Gasteiger partial charge in [0.2, 0.25) is 5.95 Å². The molecule has 2 N–H and O–H groups in total. The Morgan fingerprint density at radius 1 is 1.29 bits per heavy atom. The van der Waals surface area contributed by atoms with Gasteiger partial charge in [0, 0.05) is 29.4 Å². The van der Waals surface area contributed by atoms with E-state index in [4.69, 9.17) is 11.6 Å². The quantitative estimate of drug-likeness (QED) is 0.593. The predicted octanol–water partition coefficient (Wildman–Crippen LogP) is 3.53. The second kappa shape index (κ2) is 5.76. The normalized spacial score (nSPS) is 12.8. The molecule has 0 fully saturated rings. The first kappa shape index (κ1) is 14.9. The molecular weight excluding hydrogens is 326 g/mol. The molecule has 0 saturated heterocycles. The van der Waals surface area contributed by atoms with Gasteiger partial charge in [-0.3, -0.25) is 0 Å². The molecule has 0 aromatic carbocycles. The van der Waals surface area contributed by atoms with Crippen molar-refractivity contribution in [1.82, 2.24) is 29.5 Å². The average molecular weight is 342 g/mol. The van der Waals surface area contributed by atoms with Gasteiger partial charge in [-0.1, -0.05) is 18.5 Å². The fraction of sp³-hybridized carbons (Fsp3) is 0.250. The summed E-state index contributed by atoms with van der Waals surface area (Å²) in [5, 5.41) is 9.20. The number of aromatic amines is 1. The van der Waals surface area contributed by atoms with Crippen LogP contribution in [0.25, 0.3) is 27.9 Å². The van der Waals surface area contributed by atoms with Crippen molar-refractivity contribution in [3.05, 3.63) is 35.9 Å². The Labute approximate surface area is 143 Å². The van der Waals surface area contributed by atoms with E-state index in [9.17, 15) is 0 Å². The Morgan fingerprint density at radius 2 is 2.17 bits per heavy atom. The third kappa shape index (κ3) is 2.46. The van der Waals surface area contributed by atoms with E-state index in [-0.39, 0.29) is 0 Å². The summed E-state index contributed by atoms with van der Waals surface area (Å²) in [6.07, 6.45) is 6.28. The lowest BCUT2D eigenvalue weighted by molar-refractivity contribution is 0.754. The highest BCUT2D eigenvalue weighted by Gasteiger charge is 2.12. The lowest BCUT2D eigenvalue weighted by atomic mass is 10.2. The first-order valence-corrected chi connectivity index (χ1v) is 8.15. The number of nitrogens with one attached hydrogen (secondary N) is 2. The van der Waals surface area contributed by atoms with E-state index in [0.717, 1.165) is 28.7 Å². The van der Waals surface area contributed by atoms with Crippen LogP contribution in [0.4, 0.5) is 5.95 Å². The van der Waals surface area contributed by atoms with E-state index >= 15 is 0 Å². The van der Waals surface area contributed by atoms with Crippen LogP contribution in [0.5, 0.6) is 0 Å². The maximum atomic E-state index is 6.10. The number of anilines is 1. The van der Waals surface area contributed by atoms with Gasteiger partial charge >= 0.3 is 0 Å². The summed E-state index contributed by atoms with van der Waals surface area (Å²) < 4.78 is 1.61. The predicted molar refractivity (Wildman–Crippen MR) is 94.3 cm³/mol. The average Bonchev–Trinajstić information content (AvgIpc) is 3.18. The van der Waals surface area contributed by atoms with Crippen LogP contribution < -0.4 is 5.32 Å². The first-order valence-electron chi connectivity index (χ1n) is 7.77. The molecule has 0 spiro atoms. The van der Waals surface area contributed by atoms with Crippen LogP contribution in [-0.2, 0) is 0 Å². The lowest BCUT2D eigenvalue weighted by Gasteiger charge is -2.10. The van der Waals surface area contributed by atoms with Crippen LogP contribution in [0.1, 0.15) is 20.3 Å². The van der Waals surface area contributed by atoms with E-state index in [2.05, 4.69) is 44.2 Å². The molecule has 122 valence electrons. The molecule has 0 aliphatic heterocycles. The van der Waals surface area contributed by atoms with Gasteiger partial charge in [0.15, 0.2) is 10.8 Å². The highest BCUT2D eigenvalue weighted by atomic mass is 35.5. The third-order valence-electron chi connectivity index (χ3n) is 4.02. The van der Waals surface area contributed by atoms with Gasteiger partial charge in [0.25, 0.3) is 0 Å². The van der Waals surface area contributed by atoms with Crippen molar-refractivity contribution in [1.29, 1.82) is 0 Å². The zero-order valence-corrected chi connectivity index (χ0v) is 14.0. The summed E-state index contributed by atoms with van der Waals surface area (Å²) >= 11 is 6.10. The van der Waals surface area contributed by atoms with Crippen LogP contribution in [-0.4, -0.2) is 35.6 Å². The Hall–Kier alpha value is -2.67. The van der Waals surface area contributed by atoms with Gasteiger partial charge in [-0.05, 0) is 25.5 Å². The molecule has 0 saturated carbocycles. The van der Waals surface area contributed by atoms with E-state index in [1.54, 1.807) is 16.9 Å². The number of nitrogens with zero attached hydrogens (tertiary/aromatic N) is 5. The van der Waals surface area contributed by atoms with Crippen LogP contribution >= 0.6 is 11.6 Å². The highest BCUT2D eigenvalue weighted by Crippen LogP contribution is 2.27. The molecule has 8 heteroatoms. The van der Waals surface area contributed by atoms with Crippen LogP contribution in [0, 0.1) is 0 Å². The van der Waals surface area contributed by atoms with Crippen molar-refractivity contribution >= 4 is 34.2 Å². The van der Waals surface area contributed by atoms with Crippen LogP contribution in [0.2, 0.25) is 5.15 Å². The number of halogens is 1. The summed E-state index contributed by atoms with van der Waals surface area (Å²) in [6, 6.07) is 4.11. The van der Waals surface area contributed by atoms with Crippen molar-refractivity contribution in [2.24, 2.45) is 0 Å². The van der Waals surface area contributed by atoms with E-state index in [1.807, 2.05) is 18.3 Å². The maximum absolute atomic E-state index is 6.10. The zero-order chi connectivity index (χ0) is 16.7. The summed E-state index contributed by atoms with van der Waals surface area (Å²) in [7, 11) is 0. The molecule has 4 rings (SSSR count). The van der Waals surface area contributed by atoms with Crippen molar-refractivity contribution in [2.75, 3.05) is 5.32 Å². The van der Waals surface area contributed by atoms with Gasteiger partial charge in [0.05, 0.1) is 11.9 Å². The molecule has 4 heterocycles. The fourth-order valence-corrected chi connectivity index (χ4v) is 2.67. The Morgan fingerprint density at radius 3 is 3.00 bits per heavy atom. The zero-order valence-electron chi connectivity index (χ0n) is 13.3. The van der Waals surface area contributed by atoms with Crippen LogP contribution in [0.3, 0.4) is 0 Å². The largest absolute Gasteiger partial charge is 0.352 e. The first-order chi connectivity index (χ1) is 11.7. The topological polar surface area (TPSA) is 83.8 Å². The van der Waals surface area contributed by atoms with Gasteiger partial charge in [-0.15, -0.1) is 0 Å². The summed E-state index contributed by atoms with van der Waals surface area (Å²) in [4.78, 5) is 16.3. The minimum atomic E-state index is 0.323. The Kier molecular flexibility index (Phi) is 3.57. The molecule has 4 aromatic rings. The lowest BCUT2D eigenvalue weighted by Crippen LogP contribution is -2.15. The van der Waals surface area contributed by atoms with Gasteiger partial charge < -0.3 is 10.3 Å². The van der Waals surface area contributed by atoms with Crippen molar-refractivity contribution in [2.45, 2.75) is 26.3 Å². The second-order valence-electron chi connectivity index (χ2n) is 5.68. The SMILES string of the molecule is CCC(C)Nc1ncc2c(-c3ccc4ncc(Cl)n4n3)c[nH]c2n1. The third-order valence-corrected chi connectivity index (χ3v) is 4.27. The molecule has 24 heavy (non-hydrogen) atoms. The monoisotopic (exact) mass is 341 g/mol. The number of hydrogen-bond acceptors (Lipinski definition) is 5.